The largest absolute Gasteiger partial charge is 0.497 e. The molecule has 0 saturated heterocycles. The maximum absolute atomic E-state index is 13.1. The molecule has 0 bridgehead atoms. The monoisotopic (exact) mass is 378 g/mol. The third-order valence-electron chi connectivity index (χ3n) is 4.11. The van der Waals surface area contributed by atoms with Crippen LogP contribution in [0.25, 0.3) is 0 Å². The van der Waals surface area contributed by atoms with Gasteiger partial charge in [-0.25, -0.2) is 0 Å². The number of ether oxygens (including phenoxy) is 1. The molecule has 0 aliphatic carbocycles. The average Bonchev–Trinajstić information content (AvgIpc) is 2.73. The first-order valence-corrected chi connectivity index (χ1v) is 9.82. The van der Waals surface area contributed by atoms with Crippen LogP contribution in [-0.4, -0.2) is 19.3 Å². The summed E-state index contributed by atoms with van der Waals surface area (Å²) in [4.78, 5) is 14.2. The highest BCUT2D eigenvalue weighted by molar-refractivity contribution is 7.98. The van der Waals surface area contributed by atoms with Crippen molar-refractivity contribution < 1.29 is 9.53 Å². The number of methoxy groups -OCH3 is 1. The van der Waals surface area contributed by atoms with Crippen molar-refractivity contribution in [3.05, 3.63) is 84.4 Å². The number of amides is 1. The maximum atomic E-state index is 13.1. The summed E-state index contributed by atoms with van der Waals surface area (Å²) < 4.78 is 5.23. The highest BCUT2D eigenvalue weighted by Crippen LogP contribution is 2.25. The van der Waals surface area contributed by atoms with Crippen LogP contribution in [0, 0.1) is 0 Å². The molecule has 4 nitrogen and oxygen atoms in total. The van der Waals surface area contributed by atoms with Crippen LogP contribution < -0.4 is 15.4 Å². The van der Waals surface area contributed by atoms with Crippen LogP contribution in [0.2, 0.25) is 0 Å². The molecule has 0 heterocycles. The lowest BCUT2D eigenvalue weighted by molar-refractivity contribution is -0.117. The predicted molar refractivity (Wildman–Crippen MR) is 113 cm³/mol. The zero-order valence-electron chi connectivity index (χ0n) is 15.3. The summed E-state index contributed by atoms with van der Waals surface area (Å²) in [6.45, 7) is 0. The second-order valence-electron chi connectivity index (χ2n) is 5.94. The lowest BCUT2D eigenvalue weighted by atomic mass is 10.1. The highest BCUT2D eigenvalue weighted by Gasteiger charge is 2.21. The number of thioether (sulfide) groups is 1. The quantitative estimate of drug-likeness (QED) is 0.554. The molecular weight excluding hydrogens is 356 g/mol. The van der Waals surface area contributed by atoms with Crippen LogP contribution in [0.1, 0.15) is 11.6 Å². The first-order valence-electron chi connectivity index (χ1n) is 8.60. The van der Waals surface area contributed by atoms with E-state index in [0.29, 0.717) is 11.4 Å². The molecule has 27 heavy (non-hydrogen) atoms. The molecule has 0 radical (unpaired) electrons. The summed E-state index contributed by atoms with van der Waals surface area (Å²) in [5.74, 6) is 0.564. The van der Waals surface area contributed by atoms with E-state index < -0.39 is 6.04 Å². The second-order valence-corrected chi connectivity index (χ2v) is 6.82. The van der Waals surface area contributed by atoms with E-state index >= 15 is 0 Å². The van der Waals surface area contributed by atoms with E-state index in [-0.39, 0.29) is 5.91 Å². The van der Waals surface area contributed by atoms with Gasteiger partial charge in [-0.1, -0.05) is 42.5 Å². The fourth-order valence-corrected chi connectivity index (χ4v) is 3.20. The Balaban J connectivity index is 1.86. The van der Waals surface area contributed by atoms with Gasteiger partial charge >= 0.3 is 0 Å². The highest BCUT2D eigenvalue weighted by atomic mass is 32.2. The van der Waals surface area contributed by atoms with Crippen molar-refractivity contribution in [1.29, 1.82) is 0 Å². The van der Waals surface area contributed by atoms with Gasteiger partial charge in [0, 0.05) is 22.3 Å². The molecule has 0 aliphatic heterocycles. The Hall–Kier alpha value is -2.92. The van der Waals surface area contributed by atoms with E-state index in [0.717, 1.165) is 16.1 Å². The van der Waals surface area contributed by atoms with Gasteiger partial charge in [-0.05, 0) is 42.2 Å². The van der Waals surface area contributed by atoms with Crippen molar-refractivity contribution >= 4 is 29.0 Å². The van der Waals surface area contributed by atoms with E-state index in [4.69, 9.17) is 4.74 Å². The van der Waals surface area contributed by atoms with E-state index in [9.17, 15) is 4.79 Å². The molecule has 1 unspecified atom stereocenters. The number of hydrogen-bond acceptors (Lipinski definition) is 4. The van der Waals surface area contributed by atoms with Gasteiger partial charge in [-0.2, -0.15) is 0 Å². The number of carbonyl (C=O) groups excluding carboxylic acids is 1. The molecular formula is C22H22N2O2S. The number of rotatable bonds is 7. The zero-order chi connectivity index (χ0) is 19.1. The third kappa shape index (κ3) is 5.05. The van der Waals surface area contributed by atoms with Gasteiger partial charge in [0.1, 0.15) is 11.8 Å². The lowest BCUT2D eigenvalue weighted by Gasteiger charge is -2.20. The van der Waals surface area contributed by atoms with Gasteiger partial charge in [-0.3, -0.25) is 4.79 Å². The van der Waals surface area contributed by atoms with Crippen LogP contribution in [-0.2, 0) is 4.79 Å². The zero-order valence-corrected chi connectivity index (χ0v) is 16.1. The number of hydrogen-bond donors (Lipinski definition) is 2. The average molecular weight is 378 g/mol. The summed E-state index contributed by atoms with van der Waals surface area (Å²) in [5.41, 5.74) is 2.49. The number of nitrogens with one attached hydrogen (secondary N) is 2. The van der Waals surface area contributed by atoms with Gasteiger partial charge < -0.3 is 15.4 Å². The van der Waals surface area contributed by atoms with Crippen LogP contribution in [0.3, 0.4) is 0 Å². The Morgan fingerprint density at radius 3 is 2.41 bits per heavy atom. The first kappa shape index (κ1) is 18.9. The molecule has 1 atom stereocenters. The molecule has 138 valence electrons. The predicted octanol–water partition coefficient (Wildman–Crippen LogP) is 5.21. The topological polar surface area (TPSA) is 50.4 Å². The normalized spacial score (nSPS) is 11.5. The minimum absolute atomic E-state index is 0.135. The van der Waals surface area contributed by atoms with Gasteiger partial charge in [-0.15, -0.1) is 11.8 Å². The van der Waals surface area contributed by atoms with Crippen molar-refractivity contribution in [3.8, 4) is 5.75 Å². The van der Waals surface area contributed by atoms with Crippen molar-refractivity contribution in [2.75, 3.05) is 24.0 Å². The lowest BCUT2D eigenvalue weighted by Crippen LogP contribution is -2.27. The third-order valence-corrected chi connectivity index (χ3v) is 4.84. The molecule has 1 amide bonds. The molecule has 3 aromatic carbocycles. The molecule has 5 heteroatoms. The maximum Gasteiger partial charge on any atom is 0.251 e. The van der Waals surface area contributed by atoms with E-state index in [2.05, 4.69) is 10.6 Å². The summed E-state index contributed by atoms with van der Waals surface area (Å²) >= 11 is 1.67. The summed E-state index contributed by atoms with van der Waals surface area (Å²) in [7, 11) is 1.61. The molecule has 2 N–H and O–H groups in total. The van der Waals surface area contributed by atoms with Crippen molar-refractivity contribution in [3.63, 3.8) is 0 Å². The summed E-state index contributed by atoms with van der Waals surface area (Å²) in [5, 5.41) is 6.34. The number of benzene rings is 3. The molecule has 0 saturated carbocycles. The number of carbonyl (C=O) groups is 1. The molecule has 0 spiro atoms. The number of anilines is 2. The summed E-state index contributed by atoms with van der Waals surface area (Å²) in [6.07, 6.45) is 2.03. The van der Waals surface area contributed by atoms with Crippen molar-refractivity contribution in [1.82, 2.24) is 0 Å². The first-order chi connectivity index (χ1) is 13.2. The van der Waals surface area contributed by atoms with Crippen LogP contribution in [0.5, 0.6) is 5.75 Å². The van der Waals surface area contributed by atoms with Crippen molar-refractivity contribution in [2.24, 2.45) is 0 Å². The Bertz CT molecular complexity index is 900. The Labute approximate surface area is 164 Å². The smallest absolute Gasteiger partial charge is 0.251 e. The molecule has 3 aromatic rings. The molecule has 0 aliphatic rings. The van der Waals surface area contributed by atoms with Crippen molar-refractivity contribution in [2.45, 2.75) is 10.9 Å². The Morgan fingerprint density at radius 1 is 0.926 bits per heavy atom. The fraction of sp³-hybridized carbons (Fsp3) is 0.136. The summed E-state index contributed by atoms with van der Waals surface area (Å²) in [6, 6.07) is 24.5. The van der Waals surface area contributed by atoms with Gasteiger partial charge in [0.15, 0.2) is 0 Å². The second kappa shape index (κ2) is 9.14. The minimum Gasteiger partial charge on any atom is -0.497 e. The van der Waals surface area contributed by atoms with E-state index in [1.54, 1.807) is 24.9 Å². The van der Waals surface area contributed by atoms with Crippen LogP contribution in [0.15, 0.2) is 83.8 Å². The molecule has 0 fully saturated rings. The Kier molecular flexibility index (Phi) is 6.39. The van der Waals surface area contributed by atoms with Crippen LogP contribution in [0.4, 0.5) is 11.4 Å². The molecule has 0 aromatic heterocycles. The fourth-order valence-electron chi connectivity index (χ4n) is 2.74. The Morgan fingerprint density at radius 2 is 1.67 bits per heavy atom. The van der Waals surface area contributed by atoms with E-state index in [1.807, 2.05) is 79.1 Å². The SMILES string of the molecule is COc1cccc(NC(=O)C(Nc2cccc(SC)c2)c2ccccc2)c1. The van der Waals surface area contributed by atoms with E-state index in [1.165, 1.54) is 0 Å². The standard InChI is InChI=1S/C22H22N2O2S/c1-26-19-12-6-10-17(14-19)24-22(25)21(16-8-4-3-5-9-16)23-18-11-7-13-20(15-18)27-2/h3-15,21,23H,1-2H3,(H,24,25). The molecule has 3 rings (SSSR count). The van der Waals surface area contributed by atoms with Gasteiger partial charge in [0.05, 0.1) is 7.11 Å². The van der Waals surface area contributed by atoms with Gasteiger partial charge in [0.2, 0.25) is 0 Å². The van der Waals surface area contributed by atoms with Gasteiger partial charge in [0.25, 0.3) is 5.91 Å². The van der Waals surface area contributed by atoms with Crippen LogP contribution >= 0.6 is 11.8 Å². The minimum atomic E-state index is -0.519.